The zero-order valence-electron chi connectivity index (χ0n) is 15.6. The number of methoxy groups -OCH3 is 1. The van der Waals surface area contributed by atoms with Crippen LogP contribution >= 0.6 is 11.6 Å². The lowest BCUT2D eigenvalue weighted by Gasteiger charge is -2.10. The summed E-state index contributed by atoms with van der Waals surface area (Å²) in [5, 5.41) is 6.75. The van der Waals surface area contributed by atoms with E-state index in [4.69, 9.17) is 16.3 Å². The third kappa shape index (κ3) is 5.24. The average molecular weight is 396 g/mol. The number of aromatic nitrogens is 1. The molecule has 0 aliphatic rings. The first-order valence-electron chi connectivity index (χ1n) is 9.01. The first kappa shape index (κ1) is 19.7. The number of carbonyl (C=O) groups is 1. The Balaban J connectivity index is 1.50. The maximum absolute atomic E-state index is 12.3. The van der Waals surface area contributed by atoms with E-state index in [1.54, 1.807) is 31.5 Å². The third-order valence-electron chi connectivity index (χ3n) is 4.32. The van der Waals surface area contributed by atoms with E-state index in [0.29, 0.717) is 23.7 Å². The van der Waals surface area contributed by atoms with Crippen LogP contribution in [0.3, 0.4) is 0 Å². The van der Waals surface area contributed by atoms with E-state index < -0.39 is 0 Å². The Labute approximate surface area is 169 Å². The molecule has 0 saturated heterocycles. The second-order valence-electron chi connectivity index (χ2n) is 6.19. The normalized spacial score (nSPS) is 10.4. The van der Waals surface area contributed by atoms with Gasteiger partial charge in [0.05, 0.1) is 12.7 Å². The van der Waals surface area contributed by atoms with Crippen LogP contribution in [0.1, 0.15) is 21.5 Å². The van der Waals surface area contributed by atoms with Crippen molar-refractivity contribution >= 4 is 23.3 Å². The van der Waals surface area contributed by atoms with Crippen LogP contribution in [0, 0.1) is 0 Å². The van der Waals surface area contributed by atoms with E-state index in [1.807, 2.05) is 42.5 Å². The summed E-state index contributed by atoms with van der Waals surface area (Å²) < 4.78 is 5.36. The molecule has 2 aromatic carbocycles. The monoisotopic (exact) mass is 395 g/mol. The van der Waals surface area contributed by atoms with Crippen LogP contribution in [0.25, 0.3) is 0 Å². The summed E-state index contributed by atoms with van der Waals surface area (Å²) in [5.41, 5.74) is 2.51. The number of amides is 1. The molecular weight excluding hydrogens is 374 g/mol. The summed E-state index contributed by atoms with van der Waals surface area (Å²) in [6.45, 7) is 1.09. The smallest absolute Gasteiger partial charge is 0.253 e. The van der Waals surface area contributed by atoms with Crippen LogP contribution in [0.15, 0.2) is 66.9 Å². The Morgan fingerprint density at radius 2 is 1.79 bits per heavy atom. The first-order chi connectivity index (χ1) is 13.7. The topological polar surface area (TPSA) is 63.2 Å². The van der Waals surface area contributed by atoms with Gasteiger partial charge in [0.15, 0.2) is 0 Å². The van der Waals surface area contributed by atoms with Gasteiger partial charge in [-0.1, -0.05) is 48.0 Å². The Kier molecular flexibility index (Phi) is 6.87. The molecule has 0 spiro atoms. The maximum atomic E-state index is 12.3. The van der Waals surface area contributed by atoms with Gasteiger partial charge in [-0.15, -0.1) is 0 Å². The molecular formula is C22H22ClN3O2. The number of benzene rings is 2. The number of rotatable bonds is 8. The Morgan fingerprint density at radius 1 is 1.04 bits per heavy atom. The molecule has 3 rings (SSSR count). The number of hydrogen-bond acceptors (Lipinski definition) is 4. The second kappa shape index (κ2) is 9.76. The molecule has 0 aliphatic carbocycles. The summed E-state index contributed by atoms with van der Waals surface area (Å²) in [6, 6.07) is 18.9. The molecule has 1 aromatic heterocycles. The third-order valence-corrected chi connectivity index (χ3v) is 4.68. The molecule has 6 heteroatoms. The number of para-hydroxylation sites is 1. The van der Waals surface area contributed by atoms with Crippen molar-refractivity contribution in [2.24, 2.45) is 0 Å². The highest BCUT2D eigenvalue weighted by Crippen LogP contribution is 2.18. The van der Waals surface area contributed by atoms with Crippen molar-refractivity contribution in [3.8, 4) is 5.75 Å². The minimum atomic E-state index is -0.187. The van der Waals surface area contributed by atoms with Gasteiger partial charge in [0.25, 0.3) is 5.91 Å². The Morgan fingerprint density at radius 3 is 2.50 bits per heavy atom. The number of ether oxygens (including phenoxy) is 1. The highest BCUT2D eigenvalue weighted by molar-refractivity contribution is 6.31. The predicted octanol–water partition coefficient (Wildman–Crippen LogP) is 4.33. The summed E-state index contributed by atoms with van der Waals surface area (Å²) in [5.74, 6) is 1.41. The van der Waals surface area contributed by atoms with Gasteiger partial charge in [0, 0.05) is 24.3 Å². The van der Waals surface area contributed by atoms with E-state index in [0.717, 1.165) is 29.1 Å². The highest BCUT2D eigenvalue weighted by Gasteiger charge is 2.08. The Hall–Kier alpha value is -3.05. The van der Waals surface area contributed by atoms with Gasteiger partial charge in [-0.25, -0.2) is 4.98 Å². The van der Waals surface area contributed by atoms with Gasteiger partial charge < -0.3 is 15.4 Å². The van der Waals surface area contributed by atoms with Crippen molar-refractivity contribution in [2.45, 2.75) is 13.0 Å². The molecule has 0 unspecified atom stereocenters. The minimum absolute atomic E-state index is 0.187. The molecule has 144 valence electrons. The average Bonchev–Trinajstić information content (AvgIpc) is 2.74. The molecule has 2 N–H and O–H groups in total. The van der Waals surface area contributed by atoms with Crippen LogP contribution in [0.2, 0.25) is 5.02 Å². The highest BCUT2D eigenvalue weighted by atomic mass is 35.5. The number of carbonyl (C=O) groups excluding carboxylic acids is 1. The molecule has 0 saturated carbocycles. The van der Waals surface area contributed by atoms with Crippen molar-refractivity contribution in [1.29, 1.82) is 0 Å². The van der Waals surface area contributed by atoms with Gasteiger partial charge in [-0.2, -0.15) is 0 Å². The van der Waals surface area contributed by atoms with Gasteiger partial charge in [0.2, 0.25) is 0 Å². The van der Waals surface area contributed by atoms with Crippen molar-refractivity contribution in [2.75, 3.05) is 19.0 Å². The van der Waals surface area contributed by atoms with Crippen LogP contribution in [0.5, 0.6) is 5.75 Å². The second-order valence-corrected chi connectivity index (χ2v) is 6.60. The minimum Gasteiger partial charge on any atom is -0.496 e. The number of pyridine rings is 1. The zero-order valence-corrected chi connectivity index (χ0v) is 16.4. The van der Waals surface area contributed by atoms with Crippen molar-refractivity contribution in [3.05, 3.63) is 88.6 Å². The molecule has 1 amide bonds. The van der Waals surface area contributed by atoms with Gasteiger partial charge in [-0.3, -0.25) is 4.79 Å². The number of nitrogens with zero attached hydrogens (tertiary/aromatic N) is 1. The standard InChI is InChI=1S/C22H22ClN3O2/c1-28-20-9-5-3-6-16(20)12-13-24-21-11-10-18(15-25-21)22(27)26-14-17-7-2-4-8-19(17)23/h2-11,15H,12-14H2,1H3,(H,24,25)(H,26,27). The van der Waals surface area contributed by atoms with Gasteiger partial charge in [0.1, 0.15) is 11.6 Å². The molecule has 0 fully saturated rings. The molecule has 0 bridgehead atoms. The van der Waals surface area contributed by atoms with Crippen molar-refractivity contribution in [1.82, 2.24) is 10.3 Å². The van der Waals surface area contributed by atoms with Crippen molar-refractivity contribution in [3.63, 3.8) is 0 Å². The largest absolute Gasteiger partial charge is 0.496 e. The SMILES string of the molecule is COc1ccccc1CCNc1ccc(C(=O)NCc2ccccc2Cl)cn1. The Bertz CT molecular complexity index is 929. The number of halogens is 1. The zero-order chi connectivity index (χ0) is 19.8. The van der Waals surface area contributed by atoms with Crippen LogP contribution in [-0.4, -0.2) is 24.5 Å². The summed E-state index contributed by atoms with van der Waals surface area (Å²) in [7, 11) is 1.67. The van der Waals surface area contributed by atoms with Crippen LogP contribution in [-0.2, 0) is 13.0 Å². The molecule has 0 atom stereocenters. The lowest BCUT2D eigenvalue weighted by molar-refractivity contribution is 0.0950. The fourth-order valence-corrected chi connectivity index (χ4v) is 2.99. The molecule has 28 heavy (non-hydrogen) atoms. The predicted molar refractivity (Wildman–Crippen MR) is 112 cm³/mol. The summed E-state index contributed by atoms with van der Waals surface area (Å²) in [6.07, 6.45) is 2.37. The number of anilines is 1. The molecule has 3 aromatic rings. The van der Waals surface area contributed by atoms with Gasteiger partial charge >= 0.3 is 0 Å². The fourth-order valence-electron chi connectivity index (χ4n) is 2.79. The number of nitrogens with one attached hydrogen (secondary N) is 2. The van der Waals surface area contributed by atoms with E-state index in [-0.39, 0.29) is 5.91 Å². The quantitative estimate of drug-likeness (QED) is 0.596. The molecule has 0 radical (unpaired) electrons. The van der Waals surface area contributed by atoms with E-state index in [9.17, 15) is 4.79 Å². The summed E-state index contributed by atoms with van der Waals surface area (Å²) in [4.78, 5) is 16.6. The molecule has 0 aliphatic heterocycles. The fraction of sp³-hybridized carbons (Fsp3) is 0.182. The number of hydrogen-bond donors (Lipinski definition) is 2. The van der Waals surface area contributed by atoms with Crippen LogP contribution < -0.4 is 15.4 Å². The lowest BCUT2D eigenvalue weighted by atomic mass is 10.1. The van der Waals surface area contributed by atoms with E-state index in [2.05, 4.69) is 15.6 Å². The lowest BCUT2D eigenvalue weighted by Crippen LogP contribution is -2.23. The van der Waals surface area contributed by atoms with Crippen molar-refractivity contribution < 1.29 is 9.53 Å². The van der Waals surface area contributed by atoms with Gasteiger partial charge in [-0.05, 0) is 41.8 Å². The first-order valence-corrected chi connectivity index (χ1v) is 9.38. The summed E-state index contributed by atoms with van der Waals surface area (Å²) >= 11 is 6.11. The van der Waals surface area contributed by atoms with Crippen LogP contribution in [0.4, 0.5) is 5.82 Å². The van der Waals surface area contributed by atoms with E-state index >= 15 is 0 Å². The molecule has 1 heterocycles. The molecule has 5 nitrogen and oxygen atoms in total. The maximum Gasteiger partial charge on any atom is 0.253 e. The van der Waals surface area contributed by atoms with E-state index in [1.165, 1.54) is 0 Å².